The van der Waals surface area contributed by atoms with Crippen molar-refractivity contribution in [3.63, 3.8) is 0 Å². The Hall–Kier alpha value is -2.34. The van der Waals surface area contributed by atoms with Gasteiger partial charge in [0.15, 0.2) is 0 Å². The standard InChI is InChI=1S/C21H22F3NO2/c1-15-5-2-7-17(11-15)20(26)25-10-4-9-19(13-25)27-14-16-6-3-8-18(12-16)21(22,23)24/h2-3,5-8,11-12,19H,4,9-10,13-14H2,1H3. The van der Waals surface area contributed by atoms with Crippen molar-refractivity contribution in [2.75, 3.05) is 13.1 Å². The van der Waals surface area contributed by atoms with Crippen molar-refractivity contribution in [2.45, 2.75) is 38.7 Å². The van der Waals surface area contributed by atoms with Crippen molar-refractivity contribution >= 4 is 5.91 Å². The van der Waals surface area contributed by atoms with Gasteiger partial charge >= 0.3 is 6.18 Å². The van der Waals surface area contributed by atoms with E-state index in [9.17, 15) is 18.0 Å². The average Bonchev–Trinajstić information content (AvgIpc) is 2.65. The van der Waals surface area contributed by atoms with Crippen LogP contribution in [0.4, 0.5) is 13.2 Å². The lowest BCUT2D eigenvalue weighted by Crippen LogP contribution is -2.43. The number of halogens is 3. The lowest BCUT2D eigenvalue weighted by atomic mass is 10.1. The Morgan fingerprint density at radius 1 is 1.19 bits per heavy atom. The monoisotopic (exact) mass is 377 g/mol. The highest BCUT2D eigenvalue weighted by Crippen LogP contribution is 2.30. The predicted octanol–water partition coefficient (Wildman–Crippen LogP) is 4.84. The van der Waals surface area contributed by atoms with Crippen LogP contribution in [0.2, 0.25) is 0 Å². The summed E-state index contributed by atoms with van der Waals surface area (Å²) in [6, 6.07) is 12.6. The fourth-order valence-electron chi connectivity index (χ4n) is 3.27. The molecule has 1 aliphatic heterocycles. The number of amides is 1. The maximum Gasteiger partial charge on any atom is 0.416 e. The molecule has 0 bridgehead atoms. The summed E-state index contributed by atoms with van der Waals surface area (Å²) in [4.78, 5) is 14.4. The minimum absolute atomic E-state index is 0.0360. The zero-order valence-corrected chi connectivity index (χ0v) is 15.1. The first-order chi connectivity index (χ1) is 12.8. The summed E-state index contributed by atoms with van der Waals surface area (Å²) in [5, 5.41) is 0. The van der Waals surface area contributed by atoms with E-state index in [4.69, 9.17) is 4.74 Å². The molecule has 1 amide bonds. The quantitative estimate of drug-likeness (QED) is 0.763. The van der Waals surface area contributed by atoms with E-state index < -0.39 is 11.7 Å². The van der Waals surface area contributed by atoms with E-state index >= 15 is 0 Å². The van der Waals surface area contributed by atoms with Crippen molar-refractivity contribution < 1.29 is 22.7 Å². The molecule has 1 saturated heterocycles. The fourth-order valence-corrected chi connectivity index (χ4v) is 3.27. The van der Waals surface area contributed by atoms with E-state index in [1.807, 2.05) is 25.1 Å². The maximum absolute atomic E-state index is 12.8. The molecule has 1 atom stereocenters. The van der Waals surface area contributed by atoms with Gasteiger partial charge in [-0.1, -0.05) is 29.8 Å². The van der Waals surface area contributed by atoms with Crippen molar-refractivity contribution in [1.29, 1.82) is 0 Å². The largest absolute Gasteiger partial charge is 0.416 e. The molecule has 1 heterocycles. The molecule has 2 aromatic rings. The number of hydrogen-bond acceptors (Lipinski definition) is 2. The number of hydrogen-bond donors (Lipinski definition) is 0. The molecule has 144 valence electrons. The van der Waals surface area contributed by atoms with Gasteiger partial charge in [0.2, 0.25) is 0 Å². The van der Waals surface area contributed by atoms with Gasteiger partial charge in [0.1, 0.15) is 0 Å². The van der Waals surface area contributed by atoms with Crippen molar-refractivity contribution in [3.8, 4) is 0 Å². The van der Waals surface area contributed by atoms with E-state index in [2.05, 4.69) is 0 Å². The first kappa shape index (κ1) is 19.4. The Morgan fingerprint density at radius 2 is 1.96 bits per heavy atom. The van der Waals surface area contributed by atoms with E-state index in [1.165, 1.54) is 6.07 Å². The molecule has 0 radical (unpaired) electrons. The van der Waals surface area contributed by atoms with E-state index in [0.29, 0.717) is 24.2 Å². The number of nitrogens with zero attached hydrogens (tertiary/aromatic N) is 1. The molecular weight excluding hydrogens is 355 g/mol. The predicted molar refractivity (Wildman–Crippen MR) is 96.3 cm³/mol. The topological polar surface area (TPSA) is 29.5 Å². The number of likely N-dealkylation sites (tertiary alicyclic amines) is 1. The third-order valence-electron chi connectivity index (χ3n) is 4.67. The lowest BCUT2D eigenvalue weighted by molar-refractivity contribution is -0.137. The summed E-state index contributed by atoms with van der Waals surface area (Å²) in [6.45, 7) is 3.15. The minimum Gasteiger partial charge on any atom is -0.372 e. The molecular formula is C21H22F3NO2. The fraction of sp³-hybridized carbons (Fsp3) is 0.381. The van der Waals surface area contributed by atoms with Crippen LogP contribution in [0, 0.1) is 6.92 Å². The molecule has 0 aromatic heterocycles. The first-order valence-electron chi connectivity index (χ1n) is 8.96. The minimum atomic E-state index is -4.36. The van der Waals surface area contributed by atoms with Crippen LogP contribution >= 0.6 is 0 Å². The molecule has 0 saturated carbocycles. The van der Waals surface area contributed by atoms with Gasteiger partial charge < -0.3 is 9.64 Å². The van der Waals surface area contributed by atoms with Gasteiger partial charge in [0, 0.05) is 18.7 Å². The highest BCUT2D eigenvalue weighted by molar-refractivity contribution is 5.94. The maximum atomic E-state index is 12.8. The second-order valence-electron chi connectivity index (χ2n) is 6.89. The Bertz CT molecular complexity index is 804. The van der Waals surface area contributed by atoms with Crippen LogP contribution in [0.5, 0.6) is 0 Å². The molecule has 0 spiro atoms. The van der Waals surface area contributed by atoms with Crippen LogP contribution in [0.15, 0.2) is 48.5 Å². The molecule has 1 unspecified atom stereocenters. The van der Waals surface area contributed by atoms with Crippen molar-refractivity contribution in [1.82, 2.24) is 4.90 Å². The van der Waals surface area contributed by atoms with Crippen LogP contribution in [-0.4, -0.2) is 30.0 Å². The summed E-state index contributed by atoms with van der Waals surface area (Å²) in [5.74, 6) is -0.0360. The van der Waals surface area contributed by atoms with Gasteiger partial charge in [-0.05, 0) is 49.6 Å². The highest BCUT2D eigenvalue weighted by atomic mass is 19.4. The number of benzene rings is 2. The van der Waals surface area contributed by atoms with Gasteiger partial charge in [-0.25, -0.2) is 0 Å². The van der Waals surface area contributed by atoms with Gasteiger partial charge in [-0.2, -0.15) is 13.2 Å². The van der Waals surface area contributed by atoms with Gasteiger partial charge in [-0.3, -0.25) is 4.79 Å². The molecule has 2 aromatic carbocycles. The van der Waals surface area contributed by atoms with Crippen LogP contribution in [0.25, 0.3) is 0 Å². The summed E-state index contributed by atoms with van der Waals surface area (Å²) < 4.78 is 44.2. The molecule has 3 rings (SSSR count). The molecule has 3 nitrogen and oxygen atoms in total. The number of rotatable bonds is 4. The average molecular weight is 377 g/mol. The second kappa shape index (κ2) is 8.13. The first-order valence-corrected chi connectivity index (χ1v) is 8.96. The summed E-state index contributed by atoms with van der Waals surface area (Å²) >= 11 is 0. The van der Waals surface area contributed by atoms with E-state index in [-0.39, 0.29) is 18.6 Å². The van der Waals surface area contributed by atoms with Gasteiger partial charge in [0.25, 0.3) is 5.91 Å². The summed E-state index contributed by atoms with van der Waals surface area (Å²) in [6.07, 6.45) is -2.94. The third kappa shape index (κ3) is 5.10. The lowest BCUT2D eigenvalue weighted by Gasteiger charge is -2.33. The Labute approximate surface area is 156 Å². The normalized spacial score (nSPS) is 17.8. The smallest absolute Gasteiger partial charge is 0.372 e. The van der Waals surface area contributed by atoms with Gasteiger partial charge in [0.05, 0.1) is 18.3 Å². The Kier molecular flexibility index (Phi) is 5.85. The molecule has 1 fully saturated rings. The van der Waals surface area contributed by atoms with Crippen molar-refractivity contribution in [2.24, 2.45) is 0 Å². The van der Waals surface area contributed by atoms with Crippen LogP contribution in [-0.2, 0) is 17.5 Å². The van der Waals surface area contributed by atoms with E-state index in [1.54, 1.807) is 17.0 Å². The number of carbonyl (C=O) groups excluding carboxylic acids is 1. The molecule has 6 heteroatoms. The zero-order valence-electron chi connectivity index (χ0n) is 15.1. The van der Waals surface area contributed by atoms with E-state index in [0.717, 1.165) is 30.5 Å². The van der Waals surface area contributed by atoms with Crippen molar-refractivity contribution in [3.05, 3.63) is 70.8 Å². The number of alkyl halides is 3. The molecule has 0 aliphatic carbocycles. The van der Waals surface area contributed by atoms with Crippen LogP contribution in [0.1, 0.15) is 39.9 Å². The van der Waals surface area contributed by atoms with Gasteiger partial charge in [-0.15, -0.1) is 0 Å². The number of aryl methyl sites for hydroxylation is 1. The van der Waals surface area contributed by atoms with Crippen LogP contribution in [0.3, 0.4) is 0 Å². The van der Waals surface area contributed by atoms with Crippen LogP contribution < -0.4 is 0 Å². The highest BCUT2D eigenvalue weighted by Gasteiger charge is 2.30. The SMILES string of the molecule is Cc1cccc(C(=O)N2CCCC(OCc3cccc(C(F)(F)F)c3)C2)c1. The molecule has 0 N–H and O–H groups in total. The second-order valence-corrected chi connectivity index (χ2v) is 6.89. The number of ether oxygens (including phenoxy) is 1. The third-order valence-corrected chi connectivity index (χ3v) is 4.67. The Balaban J connectivity index is 1.60. The summed E-state index contributed by atoms with van der Waals surface area (Å²) in [7, 11) is 0. The number of carbonyl (C=O) groups is 1. The summed E-state index contributed by atoms with van der Waals surface area (Å²) in [5.41, 5.74) is 1.47. The number of piperidine rings is 1. The Morgan fingerprint density at radius 3 is 2.70 bits per heavy atom. The molecule has 1 aliphatic rings. The zero-order chi connectivity index (χ0) is 19.4. The molecule has 27 heavy (non-hydrogen) atoms.